The first kappa shape index (κ1) is 14.8. The number of nitrogen functional groups attached to an aromatic ring is 1. The van der Waals surface area contributed by atoms with Crippen molar-refractivity contribution < 1.29 is 17.9 Å². The average Bonchev–Trinajstić information content (AvgIpc) is 3.51. The van der Waals surface area contributed by atoms with E-state index in [0.717, 1.165) is 25.2 Å². The quantitative estimate of drug-likeness (QED) is 0.871. The number of pyridine rings is 1. The summed E-state index contributed by atoms with van der Waals surface area (Å²) in [6, 6.07) is 1.79. The number of hydrogen-bond donors (Lipinski definition) is 2. The summed E-state index contributed by atoms with van der Waals surface area (Å²) >= 11 is 0. The van der Waals surface area contributed by atoms with E-state index in [1.807, 2.05) is 6.20 Å². The Morgan fingerprint density at radius 2 is 2.15 bits per heavy atom. The van der Waals surface area contributed by atoms with E-state index in [9.17, 15) is 13.2 Å². The Balaban J connectivity index is 1.40. The number of halogens is 3. The maximum Gasteiger partial charge on any atom is 0.573 e. The highest BCUT2D eigenvalue weighted by atomic mass is 19.4. The second-order valence-corrected chi connectivity index (χ2v) is 7.69. The zero-order chi connectivity index (χ0) is 17.8. The third-order valence-corrected chi connectivity index (χ3v) is 6.25. The minimum atomic E-state index is -4.81. The van der Waals surface area contributed by atoms with Gasteiger partial charge in [0.2, 0.25) is 0 Å². The van der Waals surface area contributed by atoms with Gasteiger partial charge in [-0.25, -0.2) is 9.97 Å². The third-order valence-electron chi connectivity index (χ3n) is 6.25. The average molecular weight is 363 g/mol. The van der Waals surface area contributed by atoms with Gasteiger partial charge >= 0.3 is 6.36 Å². The van der Waals surface area contributed by atoms with Gasteiger partial charge in [0, 0.05) is 48.3 Å². The highest BCUT2D eigenvalue weighted by Crippen LogP contribution is 2.80. The Labute approximate surface area is 146 Å². The monoisotopic (exact) mass is 363 g/mol. The lowest BCUT2D eigenvalue weighted by atomic mass is 10.2. The van der Waals surface area contributed by atoms with Crippen LogP contribution in [0.2, 0.25) is 0 Å². The standard InChI is InChI=1S/C17H16F3N5O/c18-17(19,20)26-11-3-8(4-23-14(11)21)10-6-25(15(24-10)7-1-2-7)16-9-5-22-13(16)12(9)16/h3-4,6-7,9,12-13,22H,1-2,5H2,(H2,21,23)/t9-,12-,13?,16-/m1/s1. The molecule has 5 fully saturated rings. The smallest absolute Gasteiger partial charge is 0.402 e. The van der Waals surface area contributed by atoms with Gasteiger partial charge in [-0.3, -0.25) is 0 Å². The molecule has 3 N–H and O–H groups in total. The van der Waals surface area contributed by atoms with Crippen molar-refractivity contribution in [1.82, 2.24) is 19.9 Å². The number of hydrogen-bond acceptors (Lipinski definition) is 5. The van der Waals surface area contributed by atoms with Crippen LogP contribution in [-0.4, -0.2) is 33.5 Å². The largest absolute Gasteiger partial charge is 0.573 e. The molecule has 0 radical (unpaired) electrons. The van der Waals surface area contributed by atoms with Crippen LogP contribution in [0.4, 0.5) is 19.0 Å². The van der Waals surface area contributed by atoms with Crippen LogP contribution in [0.5, 0.6) is 5.75 Å². The number of alkyl halides is 3. The highest BCUT2D eigenvalue weighted by molar-refractivity contribution is 5.64. The summed E-state index contributed by atoms with van der Waals surface area (Å²) in [4.78, 5) is 8.62. The molecule has 4 heterocycles. The summed E-state index contributed by atoms with van der Waals surface area (Å²) in [6.07, 6.45) is 0.832. The van der Waals surface area contributed by atoms with Crippen molar-refractivity contribution in [3.63, 3.8) is 0 Å². The van der Waals surface area contributed by atoms with E-state index in [1.54, 1.807) is 0 Å². The summed E-state index contributed by atoms with van der Waals surface area (Å²) < 4.78 is 44.0. The van der Waals surface area contributed by atoms with Crippen LogP contribution in [0, 0.1) is 11.8 Å². The van der Waals surface area contributed by atoms with Crippen molar-refractivity contribution in [2.45, 2.75) is 36.7 Å². The number of imidazole rings is 1. The molecule has 7 rings (SSSR count). The minimum Gasteiger partial charge on any atom is -0.402 e. The predicted octanol–water partition coefficient (Wildman–Crippen LogP) is 2.23. The zero-order valence-electron chi connectivity index (χ0n) is 13.6. The molecule has 6 nitrogen and oxygen atoms in total. The van der Waals surface area contributed by atoms with Crippen LogP contribution >= 0.6 is 0 Å². The number of nitrogens with one attached hydrogen (secondary N) is 1. The summed E-state index contributed by atoms with van der Waals surface area (Å²) in [5.74, 6) is 2.07. The second kappa shape index (κ2) is 4.33. The fourth-order valence-corrected chi connectivity index (χ4v) is 4.86. The van der Waals surface area contributed by atoms with Crippen molar-refractivity contribution in [1.29, 1.82) is 0 Å². The van der Waals surface area contributed by atoms with Crippen molar-refractivity contribution >= 4 is 5.82 Å². The number of rotatable bonds is 4. The van der Waals surface area contributed by atoms with E-state index in [1.165, 1.54) is 12.3 Å². The molecule has 4 atom stereocenters. The van der Waals surface area contributed by atoms with Gasteiger partial charge in [-0.05, 0) is 18.9 Å². The first-order valence-corrected chi connectivity index (χ1v) is 8.74. The van der Waals surface area contributed by atoms with Crippen molar-refractivity contribution in [2.75, 3.05) is 12.3 Å². The molecule has 3 aliphatic carbocycles. The van der Waals surface area contributed by atoms with Crippen molar-refractivity contribution in [3.05, 3.63) is 24.3 Å². The number of fused-ring (bicyclic) bond motifs is 1. The predicted molar refractivity (Wildman–Crippen MR) is 85.3 cm³/mol. The van der Waals surface area contributed by atoms with Gasteiger partial charge in [-0.2, -0.15) is 0 Å². The molecule has 0 amide bonds. The second-order valence-electron chi connectivity index (χ2n) is 7.69. The SMILES string of the molecule is Nc1ncc(-c2cn([C@]34C5NC[C@@H]3[C@H]54)c(C3CC3)n2)cc1OC(F)(F)F. The Kier molecular flexibility index (Phi) is 2.47. The lowest BCUT2D eigenvalue weighted by molar-refractivity contribution is -0.274. The topological polar surface area (TPSA) is 78.0 Å². The molecule has 2 bridgehead atoms. The molecule has 26 heavy (non-hydrogen) atoms. The number of aromatic nitrogens is 3. The van der Waals surface area contributed by atoms with Crippen LogP contribution in [-0.2, 0) is 5.54 Å². The molecule has 2 aliphatic heterocycles. The molecule has 1 unspecified atom stereocenters. The van der Waals surface area contributed by atoms with Gasteiger partial charge in [0.25, 0.3) is 0 Å². The van der Waals surface area contributed by atoms with Gasteiger partial charge in [0.1, 0.15) is 5.82 Å². The number of ether oxygens (including phenoxy) is 1. The Morgan fingerprint density at radius 3 is 2.77 bits per heavy atom. The van der Waals surface area contributed by atoms with E-state index in [0.29, 0.717) is 35.1 Å². The van der Waals surface area contributed by atoms with Crippen molar-refractivity contribution in [2.24, 2.45) is 11.8 Å². The van der Waals surface area contributed by atoms with Crippen LogP contribution in [0.25, 0.3) is 11.3 Å². The minimum absolute atomic E-state index is 0.162. The molecule has 2 aromatic rings. The number of piperidine rings is 1. The number of nitrogens with zero attached hydrogens (tertiary/aromatic N) is 3. The maximum absolute atomic E-state index is 12.6. The molecule has 2 saturated heterocycles. The third kappa shape index (κ3) is 1.81. The molecule has 5 aliphatic rings. The fourth-order valence-electron chi connectivity index (χ4n) is 4.86. The van der Waals surface area contributed by atoms with Crippen molar-refractivity contribution in [3.8, 4) is 17.0 Å². The molecule has 2 aromatic heterocycles. The van der Waals surface area contributed by atoms with E-state index in [4.69, 9.17) is 10.7 Å². The lowest BCUT2D eigenvalue weighted by Gasteiger charge is -2.12. The van der Waals surface area contributed by atoms with E-state index in [-0.39, 0.29) is 11.4 Å². The zero-order valence-corrected chi connectivity index (χ0v) is 13.6. The summed E-state index contributed by atoms with van der Waals surface area (Å²) in [5.41, 5.74) is 6.79. The van der Waals surface area contributed by atoms with E-state index < -0.39 is 12.1 Å². The fraction of sp³-hybridized carbons (Fsp3) is 0.529. The molecule has 0 spiro atoms. The Hall–Kier alpha value is -2.29. The van der Waals surface area contributed by atoms with Gasteiger partial charge in [0.15, 0.2) is 11.6 Å². The summed E-state index contributed by atoms with van der Waals surface area (Å²) in [7, 11) is 0. The summed E-state index contributed by atoms with van der Waals surface area (Å²) in [6.45, 7) is 1.04. The molecular weight excluding hydrogens is 347 g/mol. The molecule has 136 valence electrons. The molecule has 9 heteroatoms. The van der Waals surface area contributed by atoms with Gasteiger partial charge in [-0.15, -0.1) is 13.2 Å². The Morgan fingerprint density at radius 1 is 1.35 bits per heavy atom. The van der Waals surface area contributed by atoms with Crippen LogP contribution in [0.3, 0.4) is 0 Å². The molecule has 3 saturated carbocycles. The first-order chi connectivity index (χ1) is 12.4. The molecule has 0 aromatic carbocycles. The first-order valence-electron chi connectivity index (χ1n) is 8.74. The maximum atomic E-state index is 12.6. The van der Waals surface area contributed by atoms with Crippen LogP contribution in [0.15, 0.2) is 18.5 Å². The van der Waals surface area contributed by atoms with Gasteiger partial charge < -0.3 is 20.4 Å². The number of anilines is 1. The van der Waals surface area contributed by atoms with E-state index >= 15 is 0 Å². The van der Waals surface area contributed by atoms with Gasteiger partial charge in [0.05, 0.1) is 11.2 Å². The summed E-state index contributed by atoms with van der Waals surface area (Å²) in [5, 5.41) is 3.53. The lowest BCUT2D eigenvalue weighted by Crippen LogP contribution is -2.21. The van der Waals surface area contributed by atoms with Crippen LogP contribution < -0.4 is 15.8 Å². The normalized spacial score (nSPS) is 33.9. The Bertz CT molecular complexity index is 913. The highest BCUT2D eigenvalue weighted by Gasteiger charge is 2.91. The number of nitrogens with two attached hydrogens (primary N) is 1. The van der Waals surface area contributed by atoms with E-state index in [2.05, 4.69) is 19.6 Å². The molecular formula is C17H16F3N5O. The van der Waals surface area contributed by atoms with Gasteiger partial charge in [-0.1, -0.05) is 0 Å². The van der Waals surface area contributed by atoms with Crippen LogP contribution in [0.1, 0.15) is 24.6 Å².